The molecular weight excluding hydrogens is 246 g/mol. The van der Waals surface area contributed by atoms with Crippen molar-refractivity contribution in [3.05, 3.63) is 59.2 Å². The minimum absolute atomic E-state index is 0.786. The highest BCUT2D eigenvalue weighted by Gasteiger charge is 2.07. The Kier molecular flexibility index (Phi) is 5.05. The molecule has 2 aromatic carbocycles. The molecule has 0 amide bonds. The van der Waals surface area contributed by atoms with Gasteiger partial charge in [0.15, 0.2) is 0 Å². The molecule has 0 unspecified atom stereocenters. The Morgan fingerprint density at radius 1 is 0.850 bits per heavy atom. The number of benzene rings is 2. The Morgan fingerprint density at radius 2 is 1.45 bits per heavy atom. The van der Waals surface area contributed by atoms with Crippen LogP contribution in [0.2, 0.25) is 0 Å². The van der Waals surface area contributed by atoms with Gasteiger partial charge in [0, 0.05) is 17.8 Å². The predicted octanol–water partition coefficient (Wildman–Crippen LogP) is 4.43. The third kappa shape index (κ3) is 3.13. The van der Waals surface area contributed by atoms with Gasteiger partial charge >= 0.3 is 0 Å². The quantitative estimate of drug-likeness (QED) is 0.837. The van der Waals surface area contributed by atoms with Crippen LogP contribution in [-0.4, -0.2) is 7.11 Å². The fourth-order valence-electron chi connectivity index (χ4n) is 2.50. The van der Waals surface area contributed by atoms with Gasteiger partial charge < -0.3 is 10.1 Å². The number of hydrogen-bond donors (Lipinski definition) is 1. The van der Waals surface area contributed by atoms with Crippen LogP contribution in [0.15, 0.2) is 42.5 Å². The number of nitrogens with one attached hydrogen (secondary N) is 1. The van der Waals surface area contributed by atoms with Gasteiger partial charge in [-0.3, -0.25) is 0 Å². The number of hydrogen-bond acceptors (Lipinski definition) is 2. The third-order valence-electron chi connectivity index (χ3n) is 3.65. The van der Waals surface area contributed by atoms with Gasteiger partial charge in [-0.2, -0.15) is 0 Å². The summed E-state index contributed by atoms with van der Waals surface area (Å²) in [6.45, 7) is 5.18. The van der Waals surface area contributed by atoms with Crippen molar-refractivity contribution in [1.29, 1.82) is 0 Å². The summed E-state index contributed by atoms with van der Waals surface area (Å²) in [5, 5.41) is 3.59. The summed E-state index contributed by atoms with van der Waals surface area (Å²) in [5.41, 5.74) is 5.21. The van der Waals surface area contributed by atoms with Crippen LogP contribution in [0.25, 0.3) is 0 Å². The van der Waals surface area contributed by atoms with Gasteiger partial charge in [0.1, 0.15) is 5.75 Å². The minimum atomic E-state index is 0.786. The first-order valence-electron chi connectivity index (χ1n) is 7.26. The van der Waals surface area contributed by atoms with Crippen LogP contribution >= 0.6 is 0 Å². The molecule has 2 rings (SSSR count). The van der Waals surface area contributed by atoms with Gasteiger partial charge in [-0.05, 0) is 30.0 Å². The first-order valence-corrected chi connectivity index (χ1v) is 7.26. The molecule has 0 atom stereocenters. The van der Waals surface area contributed by atoms with Crippen LogP contribution in [0, 0.1) is 0 Å². The van der Waals surface area contributed by atoms with Gasteiger partial charge in [0.05, 0.1) is 7.11 Å². The van der Waals surface area contributed by atoms with E-state index in [9.17, 15) is 0 Å². The molecule has 0 aliphatic rings. The second-order valence-corrected chi connectivity index (χ2v) is 4.82. The zero-order chi connectivity index (χ0) is 14.4. The molecule has 20 heavy (non-hydrogen) atoms. The van der Waals surface area contributed by atoms with Crippen molar-refractivity contribution in [3.8, 4) is 5.75 Å². The molecule has 0 aliphatic carbocycles. The summed E-state index contributed by atoms with van der Waals surface area (Å²) in [6.07, 6.45) is 2.09. The second-order valence-electron chi connectivity index (χ2n) is 4.82. The van der Waals surface area contributed by atoms with Gasteiger partial charge in [0.2, 0.25) is 0 Å². The molecule has 0 fully saturated rings. The highest BCUT2D eigenvalue weighted by Crippen LogP contribution is 2.25. The molecular formula is C18H23NO. The molecule has 0 saturated heterocycles. The molecule has 2 aromatic rings. The van der Waals surface area contributed by atoms with Gasteiger partial charge in [0.25, 0.3) is 0 Å². The molecule has 0 spiro atoms. The lowest BCUT2D eigenvalue weighted by Gasteiger charge is -2.16. The summed E-state index contributed by atoms with van der Waals surface area (Å²) in [7, 11) is 1.72. The largest absolute Gasteiger partial charge is 0.496 e. The van der Waals surface area contributed by atoms with E-state index in [2.05, 4.69) is 43.4 Å². The van der Waals surface area contributed by atoms with E-state index in [1.165, 1.54) is 22.4 Å². The second kappa shape index (κ2) is 6.99. The van der Waals surface area contributed by atoms with E-state index in [1.54, 1.807) is 7.11 Å². The molecule has 106 valence electrons. The fourth-order valence-corrected chi connectivity index (χ4v) is 2.50. The third-order valence-corrected chi connectivity index (χ3v) is 3.65. The van der Waals surface area contributed by atoms with Crippen molar-refractivity contribution < 1.29 is 4.74 Å². The molecule has 2 heteroatoms. The van der Waals surface area contributed by atoms with Crippen LogP contribution < -0.4 is 10.1 Å². The molecule has 1 N–H and O–H groups in total. The summed E-state index contributed by atoms with van der Waals surface area (Å²) in [5.74, 6) is 0.937. The Hall–Kier alpha value is -1.96. The maximum absolute atomic E-state index is 5.41. The fraction of sp³-hybridized carbons (Fsp3) is 0.333. The molecule has 2 nitrogen and oxygen atoms in total. The van der Waals surface area contributed by atoms with E-state index in [1.807, 2.05) is 18.2 Å². The lowest BCUT2D eigenvalue weighted by Crippen LogP contribution is -2.06. The van der Waals surface area contributed by atoms with E-state index >= 15 is 0 Å². The van der Waals surface area contributed by atoms with Crippen LogP contribution in [0.4, 0.5) is 5.69 Å². The van der Waals surface area contributed by atoms with Gasteiger partial charge in [-0.15, -0.1) is 0 Å². The first kappa shape index (κ1) is 14.4. The van der Waals surface area contributed by atoms with Crippen molar-refractivity contribution in [2.75, 3.05) is 12.4 Å². The van der Waals surface area contributed by atoms with Crippen molar-refractivity contribution in [2.24, 2.45) is 0 Å². The SMILES string of the molecule is CCc1cccc(CC)c1NCc1ccccc1OC. The minimum Gasteiger partial charge on any atom is -0.496 e. The number of ether oxygens (including phenoxy) is 1. The Bertz CT molecular complexity index is 541. The van der Waals surface area contributed by atoms with E-state index in [0.29, 0.717) is 0 Å². The molecule has 0 aliphatic heterocycles. The van der Waals surface area contributed by atoms with Gasteiger partial charge in [-0.25, -0.2) is 0 Å². The predicted molar refractivity (Wildman–Crippen MR) is 85.5 cm³/mol. The smallest absolute Gasteiger partial charge is 0.123 e. The number of methoxy groups -OCH3 is 1. The first-order chi connectivity index (χ1) is 9.80. The average Bonchev–Trinajstić information content (AvgIpc) is 2.52. The Labute approximate surface area is 121 Å². The van der Waals surface area contributed by atoms with Crippen molar-refractivity contribution in [3.63, 3.8) is 0 Å². The summed E-state index contributed by atoms with van der Waals surface area (Å²) >= 11 is 0. The van der Waals surface area contributed by atoms with Crippen molar-refractivity contribution in [2.45, 2.75) is 33.2 Å². The molecule has 0 bridgehead atoms. The van der Waals surface area contributed by atoms with Crippen LogP contribution in [-0.2, 0) is 19.4 Å². The number of aryl methyl sites for hydroxylation is 2. The molecule has 0 aromatic heterocycles. The molecule has 0 heterocycles. The normalized spacial score (nSPS) is 10.3. The lowest BCUT2D eigenvalue weighted by molar-refractivity contribution is 0.410. The lowest BCUT2D eigenvalue weighted by atomic mass is 10.0. The van der Waals surface area contributed by atoms with Crippen molar-refractivity contribution in [1.82, 2.24) is 0 Å². The zero-order valence-corrected chi connectivity index (χ0v) is 12.6. The zero-order valence-electron chi connectivity index (χ0n) is 12.6. The molecule has 0 saturated carbocycles. The molecule has 0 radical (unpaired) electrons. The van der Waals surface area contributed by atoms with Crippen LogP contribution in [0.3, 0.4) is 0 Å². The highest BCUT2D eigenvalue weighted by molar-refractivity contribution is 5.58. The maximum atomic E-state index is 5.41. The number of para-hydroxylation sites is 2. The summed E-state index contributed by atoms with van der Waals surface area (Å²) in [6, 6.07) is 14.7. The Balaban J connectivity index is 2.22. The van der Waals surface area contributed by atoms with Crippen LogP contribution in [0.1, 0.15) is 30.5 Å². The van der Waals surface area contributed by atoms with E-state index in [4.69, 9.17) is 4.74 Å². The maximum Gasteiger partial charge on any atom is 0.123 e. The van der Waals surface area contributed by atoms with E-state index in [0.717, 1.165) is 25.1 Å². The van der Waals surface area contributed by atoms with Gasteiger partial charge in [-0.1, -0.05) is 50.2 Å². The highest BCUT2D eigenvalue weighted by atomic mass is 16.5. The van der Waals surface area contributed by atoms with Crippen molar-refractivity contribution >= 4 is 5.69 Å². The average molecular weight is 269 g/mol. The monoisotopic (exact) mass is 269 g/mol. The summed E-state index contributed by atoms with van der Waals surface area (Å²) in [4.78, 5) is 0. The number of anilines is 1. The van der Waals surface area contributed by atoms with E-state index < -0.39 is 0 Å². The number of rotatable bonds is 6. The summed E-state index contributed by atoms with van der Waals surface area (Å²) < 4.78 is 5.41. The van der Waals surface area contributed by atoms with E-state index in [-0.39, 0.29) is 0 Å². The topological polar surface area (TPSA) is 21.3 Å². The standard InChI is InChI=1S/C18H23NO/c1-4-14-10-8-11-15(5-2)18(14)19-13-16-9-6-7-12-17(16)20-3/h6-12,19H,4-5,13H2,1-3H3. The Morgan fingerprint density at radius 3 is 2.05 bits per heavy atom. The van der Waals surface area contributed by atoms with Crippen LogP contribution in [0.5, 0.6) is 5.75 Å².